The van der Waals surface area contributed by atoms with E-state index in [0.717, 1.165) is 62.0 Å². The van der Waals surface area contributed by atoms with Crippen molar-refractivity contribution >= 4 is 0 Å². The van der Waals surface area contributed by atoms with Crippen LogP contribution in [0.2, 0.25) is 0 Å². The Balaban J connectivity index is 1.32. The molecule has 0 aliphatic carbocycles. The molecule has 4 heterocycles. The minimum atomic E-state index is 0.757. The highest BCUT2D eigenvalue weighted by Crippen LogP contribution is 2.17. The molecule has 0 aliphatic rings. The quantitative estimate of drug-likeness (QED) is 0.220. The Morgan fingerprint density at radius 2 is 0.711 bits per heavy atom. The summed E-state index contributed by atoms with van der Waals surface area (Å²) >= 11 is 0. The van der Waals surface area contributed by atoms with Crippen LogP contribution in [0.4, 0.5) is 0 Å². The maximum atomic E-state index is 4.56. The Bertz CT molecular complexity index is 1180. The van der Waals surface area contributed by atoms with E-state index >= 15 is 0 Å². The molecule has 0 fully saturated rings. The summed E-state index contributed by atoms with van der Waals surface area (Å²) in [5, 5.41) is 0. The number of aromatic nitrogens is 4. The number of rotatable bonds is 12. The van der Waals surface area contributed by atoms with Gasteiger partial charge in [0.25, 0.3) is 0 Å². The van der Waals surface area contributed by atoms with E-state index in [1.165, 1.54) is 11.1 Å². The summed E-state index contributed by atoms with van der Waals surface area (Å²) in [6.45, 7) is 4.64. The highest BCUT2D eigenvalue weighted by molar-refractivity contribution is 5.24. The third-order valence-corrected chi connectivity index (χ3v) is 6.25. The van der Waals surface area contributed by atoms with Crippen molar-refractivity contribution in [3.05, 3.63) is 156 Å². The molecule has 0 atom stereocenters. The van der Waals surface area contributed by atoms with E-state index in [-0.39, 0.29) is 0 Å². The number of hydrogen-bond donors (Lipinski definition) is 0. The molecule has 4 aromatic heterocycles. The van der Waals surface area contributed by atoms with E-state index in [9.17, 15) is 0 Å². The summed E-state index contributed by atoms with van der Waals surface area (Å²) in [5.41, 5.74) is 6.75. The lowest BCUT2D eigenvalue weighted by Crippen LogP contribution is -2.24. The van der Waals surface area contributed by atoms with Crippen molar-refractivity contribution in [1.82, 2.24) is 29.7 Å². The van der Waals surface area contributed by atoms with Crippen molar-refractivity contribution < 1.29 is 0 Å². The summed E-state index contributed by atoms with van der Waals surface area (Å²) in [7, 11) is 0. The first-order valence-corrected chi connectivity index (χ1v) is 12.9. The van der Waals surface area contributed by atoms with Crippen LogP contribution in [0.3, 0.4) is 0 Å². The molecular weight excluding hydrogens is 468 g/mol. The normalized spacial score (nSPS) is 11.2. The van der Waals surface area contributed by atoms with E-state index in [1.54, 1.807) is 0 Å². The number of pyridine rings is 4. The maximum absolute atomic E-state index is 4.56. The SMILES string of the molecule is c1ccc(CN(Cc2cccc(CN(Cc3ccccn3)Cc3ccccn3)c2)Cc2ccccn2)nc1. The molecular formula is C32H32N6. The van der Waals surface area contributed by atoms with Gasteiger partial charge < -0.3 is 0 Å². The van der Waals surface area contributed by atoms with Crippen LogP contribution in [-0.4, -0.2) is 29.7 Å². The van der Waals surface area contributed by atoms with Gasteiger partial charge in [-0.15, -0.1) is 0 Å². The minimum absolute atomic E-state index is 0.757. The van der Waals surface area contributed by atoms with Gasteiger partial charge in [0.2, 0.25) is 0 Å². The predicted octanol–water partition coefficient (Wildman–Crippen LogP) is 5.67. The van der Waals surface area contributed by atoms with Gasteiger partial charge in [-0.2, -0.15) is 0 Å². The highest BCUT2D eigenvalue weighted by atomic mass is 15.1. The summed E-state index contributed by atoms with van der Waals surface area (Å²) in [6, 6.07) is 33.2. The Labute approximate surface area is 224 Å². The zero-order chi connectivity index (χ0) is 25.8. The molecule has 0 saturated carbocycles. The predicted molar refractivity (Wildman–Crippen MR) is 149 cm³/mol. The molecule has 0 radical (unpaired) electrons. The molecule has 38 heavy (non-hydrogen) atoms. The first-order valence-electron chi connectivity index (χ1n) is 12.9. The molecule has 5 aromatic rings. The molecule has 190 valence electrons. The second-order valence-electron chi connectivity index (χ2n) is 9.39. The molecule has 0 spiro atoms. The zero-order valence-corrected chi connectivity index (χ0v) is 21.5. The Morgan fingerprint density at radius 3 is 1.00 bits per heavy atom. The van der Waals surface area contributed by atoms with Crippen LogP contribution in [0, 0.1) is 0 Å². The standard InChI is InChI=1S/C32H32N6/c1-5-16-33-29(12-1)23-37(24-30-13-2-6-17-34-30)21-27-10-9-11-28(20-27)22-38(25-31-14-3-7-18-35-31)26-32-15-4-8-19-36-32/h1-20H,21-26H2. The third-order valence-electron chi connectivity index (χ3n) is 6.25. The smallest absolute Gasteiger partial charge is 0.0544 e. The third kappa shape index (κ3) is 7.87. The van der Waals surface area contributed by atoms with Gasteiger partial charge in [-0.25, -0.2) is 0 Å². The van der Waals surface area contributed by atoms with Gasteiger partial charge in [0.1, 0.15) is 0 Å². The molecule has 0 saturated heterocycles. The zero-order valence-electron chi connectivity index (χ0n) is 21.5. The summed E-state index contributed by atoms with van der Waals surface area (Å²) in [5.74, 6) is 0. The van der Waals surface area contributed by atoms with Gasteiger partial charge in [0.15, 0.2) is 0 Å². The fraction of sp³-hybridized carbons (Fsp3) is 0.188. The van der Waals surface area contributed by atoms with Gasteiger partial charge in [0, 0.05) is 64.1 Å². The van der Waals surface area contributed by atoms with Gasteiger partial charge in [-0.05, 0) is 59.7 Å². The topological polar surface area (TPSA) is 58.0 Å². The highest BCUT2D eigenvalue weighted by Gasteiger charge is 2.13. The second-order valence-corrected chi connectivity index (χ2v) is 9.39. The van der Waals surface area contributed by atoms with Crippen molar-refractivity contribution in [1.29, 1.82) is 0 Å². The van der Waals surface area contributed by atoms with Crippen molar-refractivity contribution in [2.45, 2.75) is 39.3 Å². The number of hydrogen-bond acceptors (Lipinski definition) is 6. The first kappa shape index (κ1) is 25.4. The molecule has 6 nitrogen and oxygen atoms in total. The lowest BCUT2D eigenvalue weighted by atomic mass is 10.1. The fourth-order valence-corrected chi connectivity index (χ4v) is 4.56. The van der Waals surface area contributed by atoms with Crippen LogP contribution < -0.4 is 0 Å². The van der Waals surface area contributed by atoms with Crippen molar-refractivity contribution in [2.24, 2.45) is 0 Å². The largest absolute Gasteiger partial charge is 0.287 e. The van der Waals surface area contributed by atoms with Crippen LogP contribution in [0.1, 0.15) is 33.9 Å². The molecule has 5 rings (SSSR count). The van der Waals surface area contributed by atoms with Crippen LogP contribution in [0.25, 0.3) is 0 Å². The monoisotopic (exact) mass is 500 g/mol. The van der Waals surface area contributed by atoms with Crippen molar-refractivity contribution in [3.63, 3.8) is 0 Å². The molecule has 0 N–H and O–H groups in total. The second kappa shape index (κ2) is 13.3. The van der Waals surface area contributed by atoms with Crippen molar-refractivity contribution in [3.8, 4) is 0 Å². The van der Waals surface area contributed by atoms with E-state index in [1.807, 2.05) is 73.3 Å². The number of benzene rings is 1. The number of nitrogens with zero attached hydrogens (tertiary/aromatic N) is 6. The van der Waals surface area contributed by atoms with E-state index in [0.29, 0.717) is 0 Å². The average molecular weight is 501 g/mol. The average Bonchev–Trinajstić information content (AvgIpc) is 2.95. The molecule has 1 aromatic carbocycles. The van der Waals surface area contributed by atoms with Crippen molar-refractivity contribution in [2.75, 3.05) is 0 Å². The van der Waals surface area contributed by atoms with Crippen LogP contribution in [0.15, 0.2) is 122 Å². The van der Waals surface area contributed by atoms with Crippen LogP contribution in [-0.2, 0) is 39.3 Å². The Hall–Kier alpha value is -4.26. The molecule has 0 amide bonds. The Kier molecular flexibility index (Phi) is 8.91. The molecule has 0 bridgehead atoms. The van der Waals surface area contributed by atoms with E-state index < -0.39 is 0 Å². The lowest BCUT2D eigenvalue weighted by Gasteiger charge is -2.24. The Morgan fingerprint density at radius 1 is 0.368 bits per heavy atom. The summed E-state index contributed by atoms with van der Waals surface area (Å²) in [6.07, 6.45) is 7.42. The van der Waals surface area contributed by atoms with Gasteiger partial charge in [0.05, 0.1) is 22.8 Å². The van der Waals surface area contributed by atoms with E-state index in [4.69, 9.17) is 0 Å². The fourth-order valence-electron chi connectivity index (χ4n) is 4.56. The summed E-state index contributed by atoms with van der Waals surface area (Å²) in [4.78, 5) is 23.0. The first-order chi connectivity index (χ1) is 18.8. The molecule has 6 heteroatoms. The summed E-state index contributed by atoms with van der Waals surface area (Å²) < 4.78 is 0. The van der Waals surface area contributed by atoms with E-state index in [2.05, 4.69) is 78.3 Å². The van der Waals surface area contributed by atoms with Gasteiger partial charge >= 0.3 is 0 Å². The minimum Gasteiger partial charge on any atom is -0.287 e. The van der Waals surface area contributed by atoms with Gasteiger partial charge in [-0.1, -0.05) is 48.5 Å². The van der Waals surface area contributed by atoms with Crippen LogP contribution >= 0.6 is 0 Å². The lowest BCUT2D eigenvalue weighted by molar-refractivity contribution is 0.237. The molecule has 0 unspecified atom stereocenters. The van der Waals surface area contributed by atoms with Crippen LogP contribution in [0.5, 0.6) is 0 Å². The molecule has 0 aliphatic heterocycles. The van der Waals surface area contributed by atoms with Gasteiger partial charge in [-0.3, -0.25) is 29.7 Å². The maximum Gasteiger partial charge on any atom is 0.0544 e.